The number of hydrogen-bond acceptors (Lipinski definition) is 7. The van der Waals surface area contributed by atoms with Crippen LogP contribution in [0.1, 0.15) is 20.9 Å². The van der Waals surface area contributed by atoms with E-state index in [2.05, 4.69) is 26.7 Å². The highest BCUT2D eigenvalue weighted by Gasteiger charge is 2.18. The van der Waals surface area contributed by atoms with Gasteiger partial charge in [0.05, 0.1) is 17.5 Å². The predicted molar refractivity (Wildman–Crippen MR) is 110 cm³/mol. The first-order chi connectivity index (χ1) is 13.6. The number of thioether (sulfide) groups is 1. The third-order valence-corrected chi connectivity index (χ3v) is 6.96. The molecule has 1 amide bonds. The van der Waals surface area contributed by atoms with Crippen molar-refractivity contribution >= 4 is 45.5 Å². The molecule has 0 fully saturated rings. The van der Waals surface area contributed by atoms with Gasteiger partial charge in [-0.05, 0) is 30.5 Å². The van der Waals surface area contributed by atoms with Gasteiger partial charge in [-0.3, -0.25) is 10.1 Å². The number of nitrogens with one attached hydrogen (secondary N) is 1. The van der Waals surface area contributed by atoms with Crippen molar-refractivity contribution in [1.29, 1.82) is 0 Å². The minimum absolute atomic E-state index is 0.294. The minimum atomic E-state index is -0.405. The summed E-state index contributed by atoms with van der Waals surface area (Å²) in [5, 5.41) is 17.5. The molecule has 4 aromatic rings. The second-order valence-electron chi connectivity index (χ2n) is 5.70. The molecule has 0 aliphatic heterocycles. The Hall–Kier alpha value is -2.56. The summed E-state index contributed by atoms with van der Waals surface area (Å²) in [6, 6.07) is 10.4. The number of amides is 1. The Labute approximate surface area is 172 Å². The van der Waals surface area contributed by atoms with E-state index in [0.29, 0.717) is 22.1 Å². The molecule has 4 rings (SSSR count). The van der Waals surface area contributed by atoms with Gasteiger partial charge in [-0.2, -0.15) is 5.10 Å². The number of carbonyl (C=O) groups is 1. The molecule has 1 N–H and O–H groups in total. The zero-order chi connectivity index (χ0) is 19.5. The van der Waals surface area contributed by atoms with Crippen molar-refractivity contribution in [2.24, 2.45) is 0 Å². The Kier molecular flexibility index (Phi) is 5.51. The Bertz CT molecular complexity index is 1110. The van der Waals surface area contributed by atoms with Crippen LogP contribution in [0.3, 0.4) is 0 Å². The monoisotopic (exact) mass is 431 g/mol. The molecular formula is C18H14FN5OS3. The molecule has 10 heteroatoms. The number of halogens is 1. The van der Waals surface area contributed by atoms with Gasteiger partial charge in [0.15, 0.2) is 4.34 Å². The highest BCUT2D eigenvalue weighted by Crippen LogP contribution is 2.30. The molecular weight excluding hydrogens is 417 g/mol. The first-order valence-electron chi connectivity index (χ1n) is 8.21. The fourth-order valence-corrected chi connectivity index (χ4v) is 5.03. The van der Waals surface area contributed by atoms with Gasteiger partial charge in [-0.1, -0.05) is 41.3 Å². The molecule has 0 saturated heterocycles. The highest BCUT2D eigenvalue weighted by molar-refractivity contribution is 8.00. The van der Waals surface area contributed by atoms with E-state index in [1.165, 1.54) is 33.2 Å². The van der Waals surface area contributed by atoms with Crippen LogP contribution < -0.4 is 5.32 Å². The fraction of sp³-hybridized carbons (Fsp3) is 0.111. The zero-order valence-corrected chi connectivity index (χ0v) is 17.1. The Morgan fingerprint density at radius 2 is 2.11 bits per heavy atom. The van der Waals surface area contributed by atoms with Gasteiger partial charge in [0.1, 0.15) is 11.5 Å². The molecule has 0 saturated carbocycles. The van der Waals surface area contributed by atoms with Crippen LogP contribution in [0, 0.1) is 12.7 Å². The number of nitrogens with zero attached hydrogens (tertiary/aromatic N) is 4. The SMILES string of the molecule is Cc1c(C(=O)Nc2nnc(SCc3cccs3)s2)cnn1-c1ccccc1F. The van der Waals surface area contributed by atoms with Gasteiger partial charge in [-0.25, -0.2) is 9.07 Å². The molecule has 1 aromatic carbocycles. The van der Waals surface area contributed by atoms with Crippen LogP contribution in [0.25, 0.3) is 5.69 Å². The quantitative estimate of drug-likeness (QED) is 0.351. The van der Waals surface area contributed by atoms with Gasteiger partial charge in [0.25, 0.3) is 5.91 Å². The van der Waals surface area contributed by atoms with Crippen LogP contribution in [0.5, 0.6) is 0 Å². The topological polar surface area (TPSA) is 72.7 Å². The average molecular weight is 432 g/mol. The van der Waals surface area contributed by atoms with Crippen molar-refractivity contribution in [2.45, 2.75) is 17.0 Å². The minimum Gasteiger partial charge on any atom is -0.296 e. The van der Waals surface area contributed by atoms with E-state index < -0.39 is 5.82 Å². The van der Waals surface area contributed by atoms with Crippen molar-refractivity contribution in [3.63, 3.8) is 0 Å². The maximum absolute atomic E-state index is 14.0. The lowest BCUT2D eigenvalue weighted by atomic mass is 10.2. The second kappa shape index (κ2) is 8.21. The van der Waals surface area contributed by atoms with E-state index in [-0.39, 0.29) is 5.91 Å². The summed E-state index contributed by atoms with van der Waals surface area (Å²) in [7, 11) is 0. The summed E-state index contributed by atoms with van der Waals surface area (Å²) < 4.78 is 16.2. The number of carbonyl (C=O) groups excluding carboxylic acids is 1. The summed E-state index contributed by atoms with van der Waals surface area (Å²) in [4.78, 5) is 13.8. The molecule has 0 atom stereocenters. The van der Waals surface area contributed by atoms with Crippen LogP contribution in [0.4, 0.5) is 9.52 Å². The van der Waals surface area contributed by atoms with Crippen molar-refractivity contribution in [3.8, 4) is 5.69 Å². The Morgan fingerprint density at radius 3 is 2.89 bits per heavy atom. The molecule has 0 spiro atoms. The molecule has 28 heavy (non-hydrogen) atoms. The molecule has 3 heterocycles. The summed E-state index contributed by atoms with van der Waals surface area (Å²) >= 11 is 4.58. The van der Waals surface area contributed by atoms with Crippen molar-refractivity contribution in [1.82, 2.24) is 20.0 Å². The Morgan fingerprint density at radius 1 is 1.25 bits per heavy atom. The first kappa shape index (κ1) is 18.8. The molecule has 0 aliphatic carbocycles. The van der Waals surface area contributed by atoms with Crippen LogP contribution in [0.2, 0.25) is 0 Å². The number of hydrogen-bond donors (Lipinski definition) is 1. The number of para-hydroxylation sites is 1. The van der Waals surface area contributed by atoms with Crippen molar-refractivity contribution < 1.29 is 9.18 Å². The summed E-state index contributed by atoms with van der Waals surface area (Å²) in [5.41, 5.74) is 1.19. The number of anilines is 1. The maximum Gasteiger partial charge on any atom is 0.260 e. The third-order valence-electron chi connectivity index (χ3n) is 3.88. The van der Waals surface area contributed by atoms with Gasteiger partial charge in [-0.15, -0.1) is 21.5 Å². The maximum atomic E-state index is 14.0. The standard InChI is InChI=1S/C18H14FN5OS3/c1-11-13(9-20-24(11)15-7-3-2-6-14(15)19)16(25)21-17-22-23-18(28-17)27-10-12-5-4-8-26-12/h2-9H,10H2,1H3,(H,21,22,25). The number of thiophene rings is 1. The molecule has 0 radical (unpaired) electrons. The lowest BCUT2D eigenvalue weighted by Crippen LogP contribution is -2.13. The molecule has 0 unspecified atom stereocenters. The van der Waals surface area contributed by atoms with Gasteiger partial charge in [0.2, 0.25) is 5.13 Å². The highest BCUT2D eigenvalue weighted by atomic mass is 32.2. The largest absolute Gasteiger partial charge is 0.296 e. The number of benzene rings is 1. The lowest BCUT2D eigenvalue weighted by Gasteiger charge is -2.06. The average Bonchev–Trinajstić information content (AvgIpc) is 3.42. The number of rotatable bonds is 6. The van der Waals surface area contributed by atoms with Crippen LogP contribution in [0.15, 0.2) is 52.3 Å². The van der Waals surface area contributed by atoms with Crippen molar-refractivity contribution in [2.75, 3.05) is 5.32 Å². The van der Waals surface area contributed by atoms with Crippen LogP contribution in [-0.2, 0) is 5.75 Å². The Balaban J connectivity index is 1.45. The first-order valence-corrected chi connectivity index (χ1v) is 10.9. The molecule has 0 bridgehead atoms. The summed E-state index contributed by atoms with van der Waals surface area (Å²) in [6.45, 7) is 1.72. The van der Waals surface area contributed by atoms with E-state index in [4.69, 9.17) is 0 Å². The molecule has 0 aliphatic rings. The van der Waals surface area contributed by atoms with E-state index in [9.17, 15) is 9.18 Å². The van der Waals surface area contributed by atoms with Crippen LogP contribution in [-0.4, -0.2) is 25.9 Å². The number of aromatic nitrogens is 4. The summed E-state index contributed by atoms with van der Waals surface area (Å²) in [5.74, 6) is 0.0534. The molecule has 3 aromatic heterocycles. The molecule has 142 valence electrons. The fourth-order valence-electron chi connectivity index (χ4n) is 2.51. The second-order valence-corrected chi connectivity index (χ2v) is 8.93. The van der Waals surface area contributed by atoms with E-state index in [0.717, 1.165) is 10.1 Å². The zero-order valence-electron chi connectivity index (χ0n) is 14.6. The predicted octanol–water partition coefficient (Wildman–Crippen LogP) is 4.78. The lowest BCUT2D eigenvalue weighted by molar-refractivity contribution is 0.102. The van der Waals surface area contributed by atoms with E-state index in [1.54, 1.807) is 48.2 Å². The molecule has 6 nitrogen and oxygen atoms in total. The van der Waals surface area contributed by atoms with E-state index >= 15 is 0 Å². The normalized spacial score (nSPS) is 10.9. The smallest absolute Gasteiger partial charge is 0.260 e. The third kappa shape index (κ3) is 3.98. The van der Waals surface area contributed by atoms with Gasteiger partial charge in [0, 0.05) is 10.6 Å². The van der Waals surface area contributed by atoms with Crippen LogP contribution >= 0.6 is 34.4 Å². The summed E-state index contributed by atoms with van der Waals surface area (Å²) in [6.07, 6.45) is 1.42. The van der Waals surface area contributed by atoms with Crippen molar-refractivity contribution in [3.05, 3.63) is 69.9 Å². The van der Waals surface area contributed by atoms with Gasteiger partial charge < -0.3 is 0 Å². The van der Waals surface area contributed by atoms with E-state index in [1.807, 2.05) is 11.4 Å². The van der Waals surface area contributed by atoms with Gasteiger partial charge >= 0.3 is 0 Å².